The van der Waals surface area contributed by atoms with E-state index >= 15 is 0 Å². The van der Waals surface area contributed by atoms with Crippen molar-refractivity contribution in [2.45, 2.75) is 6.10 Å². The zero-order valence-electron chi connectivity index (χ0n) is 14.0. The predicted molar refractivity (Wildman–Crippen MR) is 97.2 cm³/mol. The second-order valence-electron chi connectivity index (χ2n) is 5.74. The van der Waals surface area contributed by atoms with Crippen molar-refractivity contribution in [1.82, 2.24) is 5.32 Å². The van der Waals surface area contributed by atoms with Crippen LogP contribution in [0.5, 0.6) is 5.75 Å². The zero-order chi connectivity index (χ0) is 18.7. The Morgan fingerprint density at radius 3 is 2.85 bits per heavy atom. The molecule has 6 nitrogen and oxygen atoms in total. The van der Waals surface area contributed by atoms with E-state index in [4.69, 9.17) is 16.3 Å². The maximum atomic E-state index is 13.8. The van der Waals surface area contributed by atoms with Crippen molar-refractivity contribution in [3.05, 3.63) is 53.3 Å². The van der Waals surface area contributed by atoms with E-state index in [1.54, 1.807) is 23.1 Å². The fourth-order valence-corrected chi connectivity index (χ4v) is 2.88. The quantitative estimate of drug-likeness (QED) is 0.858. The molecule has 0 saturated carbocycles. The summed E-state index contributed by atoms with van der Waals surface area (Å²) in [6.07, 6.45) is -0.745. The summed E-state index contributed by atoms with van der Waals surface area (Å²) >= 11 is 5.84. The van der Waals surface area contributed by atoms with Gasteiger partial charge in [0.15, 0.2) is 6.10 Å². The first-order valence-corrected chi connectivity index (χ1v) is 8.33. The SMILES string of the molecule is CNC(=O)[C@H]1CN(CC(=O)Nc2cc(Cl)ccc2F)c2ccccc2O1. The predicted octanol–water partition coefficient (Wildman–Crippen LogP) is 2.43. The number of anilines is 2. The molecule has 2 aromatic rings. The molecule has 0 saturated heterocycles. The molecule has 26 heavy (non-hydrogen) atoms. The Balaban J connectivity index is 1.78. The average Bonchev–Trinajstić information content (AvgIpc) is 2.64. The average molecular weight is 378 g/mol. The Morgan fingerprint density at radius 2 is 2.08 bits per heavy atom. The standard InChI is InChI=1S/C18H17ClFN3O3/c1-21-18(25)16-9-23(14-4-2-3-5-15(14)26-16)10-17(24)22-13-8-11(19)6-7-12(13)20/h2-8,16H,9-10H2,1H3,(H,21,25)(H,22,24)/t16-/m1/s1. The van der Waals surface area contributed by atoms with Crippen LogP contribution in [0.4, 0.5) is 15.8 Å². The van der Waals surface area contributed by atoms with Crippen LogP contribution in [0, 0.1) is 5.82 Å². The number of hydrogen-bond acceptors (Lipinski definition) is 4. The van der Waals surface area contributed by atoms with Crippen molar-refractivity contribution in [2.24, 2.45) is 0 Å². The van der Waals surface area contributed by atoms with Gasteiger partial charge in [-0.05, 0) is 30.3 Å². The van der Waals surface area contributed by atoms with Gasteiger partial charge < -0.3 is 20.3 Å². The number of nitrogens with one attached hydrogen (secondary N) is 2. The Kier molecular flexibility index (Phi) is 5.27. The molecule has 0 unspecified atom stereocenters. The third-order valence-corrected chi connectivity index (χ3v) is 4.17. The Morgan fingerprint density at radius 1 is 1.31 bits per heavy atom. The van der Waals surface area contributed by atoms with Gasteiger partial charge in [-0.1, -0.05) is 23.7 Å². The van der Waals surface area contributed by atoms with Crippen LogP contribution in [0.3, 0.4) is 0 Å². The second kappa shape index (κ2) is 7.61. The molecule has 0 bridgehead atoms. The van der Waals surface area contributed by atoms with E-state index in [0.717, 1.165) is 0 Å². The number of carbonyl (C=O) groups excluding carboxylic acids is 2. The van der Waals surface area contributed by atoms with Gasteiger partial charge in [0.25, 0.3) is 5.91 Å². The first kappa shape index (κ1) is 18.0. The maximum Gasteiger partial charge on any atom is 0.262 e. The number of hydrogen-bond donors (Lipinski definition) is 2. The molecule has 136 valence electrons. The van der Waals surface area contributed by atoms with Crippen LogP contribution in [0.1, 0.15) is 0 Å². The Hall–Kier alpha value is -2.80. The largest absolute Gasteiger partial charge is 0.477 e. The van der Waals surface area contributed by atoms with Crippen LogP contribution in [0.2, 0.25) is 5.02 Å². The molecule has 3 rings (SSSR count). The molecule has 1 atom stereocenters. The molecule has 2 N–H and O–H groups in total. The second-order valence-corrected chi connectivity index (χ2v) is 6.18. The lowest BCUT2D eigenvalue weighted by atomic mass is 10.1. The van der Waals surface area contributed by atoms with Crippen LogP contribution < -0.4 is 20.3 Å². The summed E-state index contributed by atoms with van der Waals surface area (Å²) in [4.78, 5) is 26.1. The van der Waals surface area contributed by atoms with Gasteiger partial charge in [0.1, 0.15) is 11.6 Å². The fourth-order valence-electron chi connectivity index (χ4n) is 2.71. The van der Waals surface area contributed by atoms with E-state index in [0.29, 0.717) is 16.5 Å². The number of likely N-dealkylation sites (N-methyl/N-ethyl adjacent to an activating group) is 1. The minimum absolute atomic E-state index is 0.00639. The smallest absolute Gasteiger partial charge is 0.262 e. The van der Waals surface area contributed by atoms with Crippen LogP contribution in [0.25, 0.3) is 0 Å². The third-order valence-electron chi connectivity index (χ3n) is 3.94. The molecule has 2 amide bonds. The van der Waals surface area contributed by atoms with Crippen LogP contribution in [0.15, 0.2) is 42.5 Å². The number of halogens is 2. The van der Waals surface area contributed by atoms with Crippen molar-refractivity contribution in [3.63, 3.8) is 0 Å². The van der Waals surface area contributed by atoms with Crippen molar-refractivity contribution in [1.29, 1.82) is 0 Å². The third kappa shape index (κ3) is 3.88. The summed E-state index contributed by atoms with van der Waals surface area (Å²) < 4.78 is 19.5. The highest BCUT2D eigenvalue weighted by atomic mass is 35.5. The monoisotopic (exact) mass is 377 g/mol. The zero-order valence-corrected chi connectivity index (χ0v) is 14.7. The van der Waals surface area contributed by atoms with Gasteiger partial charge in [0, 0.05) is 12.1 Å². The Bertz CT molecular complexity index is 846. The van der Waals surface area contributed by atoms with Gasteiger partial charge >= 0.3 is 0 Å². The lowest BCUT2D eigenvalue weighted by Crippen LogP contribution is -2.50. The van der Waals surface area contributed by atoms with Gasteiger partial charge in [0.2, 0.25) is 5.91 Å². The van der Waals surface area contributed by atoms with Crippen LogP contribution in [-0.2, 0) is 9.59 Å². The first-order chi connectivity index (χ1) is 12.5. The number of ether oxygens (including phenoxy) is 1. The van der Waals surface area contributed by atoms with Crippen molar-refractivity contribution >= 4 is 34.8 Å². The molecule has 0 radical (unpaired) electrons. The van der Waals surface area contributed by atoms with E-state index in [2.05, 4.69) is 10.6 Å². The van der Waals surface area contributed by atoms with Gasteiger partial charge in [-0.2, -0.15) is 0 Å². The number of para-hydroxylation sites is 2. The highest BCUT2D eigenvalue weighted by molar-refractivity contribution is 6.30. The maximum absolute atomic E-state index is 13.8. The topological polar surface area (TPSA) is 70.7 Å². The molecule has 1 aliphatic heterocycles. The molecule has 0 spiro atoms. The van der Waals surface area contributed by atoms with Crippen LogP contribution in [-0.4, -0.2) is 38.1 Å². The molecule has 0 aliphatic carbocycles. The normalized spacial score (nSPS) is 15.7. The summed E-state index contributed by atoms with van der Waals surface area (Å²) in [5.41, 5.74) is 0.696. The number of nitrogens with zero attached hydrogens (tertiary/aromatic N) is 1. The lowest BCUT2D eigenvalue weighted by Gasteiger charge is -2.35. The molecule has 2 aromatic carbocycles. The number of carbonyl (C=O) groups is 2. The van der Waals surface area contributed by atoms with Crippen molar-refractivity contribution < 1.29 is 18.7 Å². The highest BCUT2D eigenvalue weighted by Gasteiger charge is 2.31. The molecule has 8 heteroatoms. The van der Waals surface area contributed by atoms with E-state index in [1.807, 2.05) is 6.07 Å². The van der Waals surface area contributed by atoms with Gasteiger partial charge in [-0.25, -0.2) is 4.39 Å². The molecular weight excluding hydrogens is 361 g/mol. The van der Waals surface area contributed by atoms with Crippen molar-refractivity contribution in [2.75, 3.05) is 30.4 Å². The summed E-state index contributed by atoms with van der Waals surface area (Å²) in [5, 5.41) is 5.36. The van der Waals surface area contributed by atoms with E-state index in [1.165, 1.54) is 25.2 Å². The van der Waals surface area contributed by atoms with E-state index < -0.39 is 17.8 Å². The van der Waals surface area contributed by atoms with E-state index in [-0.39, 0.29) is 24.7 Å². The van der Waals surface area contributed by atoms with Gasteiger partial charge in [-0.3, -0.25) is 9.59 Å². The number of amides is 2. The van der Waals surface area contributed by atoms with Crippen molar-refractivity contribution in [3.8, 4) is 5.75 Å². The summed E-state index contributed by atoms with van der Waals surface area (Å²) in [5.74, 6) is -0.785. The number of rotatable bonds is 4. The number of benzene rings is 2. The molecule has 1 heterocycles. The minimum atomic E-state index is -0.745. The highest BCUT2D eigenvalue weighted by Crippen LogP contribution is 2.33. The fraction of sp³-hybridized carbons (Fsp3) is 0.222. The minimum Gasteiger partial charge on any atom is -0.477 e. The van der Waals surface area contributed by atoms with Gasteiger partial charge in [0.05, 0.1) is 24.5 Å². The molecule has 0 fully saturated rings. The lowest BCUT2D eigenvalue weighted by molar-refractivity contribution is -0.127. The summed E-state index contributed by atoms with van der Waals surface area (Å²) in [6.45, 7) is 0.127. The molecule has 1 aliphatic rings. The van der Waals surface area contributed by atoms with Crippen LogP contribution >= 0.6 is 11.6 Å². The molecule has 0 aromatic heterocycles. The molecular formula is C18H17ClFN3O3. The summed E-state index contributed by atoms with van der Waals surface area (Å²) in [7, 11) is 1.52. The van der Waals surface area contributed by atoms with E-state index in [9.17, 15) is 14.0 Å². The van der Waals surface area contributed by atoms with Gasteiger partial charge in [-0.15, -0.1) is 0 Å². The number of fused-ring (bicyclic) bond motifs is 1. The summed E-state index contributed by atoms with van der Waals surface area (Å²) in [6, 6.07) is 11.0. The Labute approximate surface area is 154 Å². The first-order valence-electron chi connectivity index (χ1n) is 7.95.